The van der Waals surface area contributed by atoms with Crippen molar-refractivity contribution in [1.29, 1.82) is 0 Å². The summed E-state index contributed by atoms with van der Waals surface area (Å²) in [6, 6.07) is 0. The first-order valence-corrected chi connectivity index (χ1v) is 5.29. The molecule has 0 radical (unpaired) electrons. The van der Waals surface area contributed by atoms with Crippen LogP contribution in [0.4, 0.5) is 0 Å². The van der Waals surface area contributed by atoms with Gasteiger partial charge in [0.1, 0.15) is 11.7 Å². The van der Waals surface area contributed by atoms with Crippen LogP contribution in [0.1, 0.15) is 19.3 Å². The fourth-order valence-electron chi connectivity index (χ4n) is 2.94. The molecule has 0 spiro atoms. The van der Waals surface area contributed by atoms with E-state index in [1.807, 2.05) is 0 Å². The molecule has 1 saturated carbocycles. The molecule has 3 saturated heterocycles. The molecule has 3 aliphatic heterocycles. The SMILES string of the molecule is C1CC2(C3CO3)OC2CC1C1CO1. The van der Waals surface area contributed by atoms with Crippen LogP contribution in [0.2, 0.25) is 0 Å². The van der Waals surface area contributed by atoms with Crippen LogP contribution in [-0.4, -0.2) is 37.1 Å². The van der Waals surface area contributed by atoms with Crippen molar-refractivity contribution in [3.05, 3.63) is 0 Å². The molecule has 0 aromatic rings. The molecule has 4 fully saturated rings. The van der Waals surface area contributed by atoms with Crippen LogP contribution in [0, 0.1) is 5.92 Å². The van der Waals surface area contributed by atoms with E-state index in [4.69, 9.17) is 14.2 Å². The Morgan fingerprint density at radius 1 is 1.08 bits per heavy atom. The Bertz CT molecular complexity index is 247. The molecule has 0 aromatic heterocycles. The first-order valence-electron chi connectivity index (χ1n) is 5.29. The Labute approximate surface area is 77.3 Å². The number of hydrogen-bond acceptors (Lipinski definition) is 3. The molecule has 3 heteroatoms. The molecule has 5 unspecified atom stereocenters. The first-order chi connectivity index (χ1) is 6.38. The topological polar surface area (TPSA) is 37.6 Å². The van der Waals surface area contributed by atoms with Gasteiger partial charge in [0.15, 0.2) is 0 Å². The van der Waals surface area contributed by atoms with E-state index in [9.17, 15) is 0 Å². The van der Waals surface area contributed by atoms with Gasteiger partial charge in [0.2, 0.25) is 0 Å². The highest BCUT2D eigenvalue weighted by molar-refractivity contribution is 5.15. The van der Waals surface area contributed by atoms with Crippen LogP contribution in [0.25, 0.3) is 0 Å². The van der Waals surface area contributed by atoms with E-state index in [1.54, 1.807) is 0 Å². The highest BCUT2D eigenvalue weighted by Crippen LogP contribution is 2.56. The number of rotatable bonds is 2. The summed E-state index contributed by atoms with van der Waals surface area (Å²) in [5, 5.41) is 0. The molecule has 72 valence electrons. The van der Waals surface area contributed by atoms with E-state index in [-0.39, 0.29) is 5.60 Å². The number of hydrogen-bond donors (Lipinski definition) is 0. The summed E-state index contributed by atoms with van der Waals surface area (Å²) in [4.78, 5) is 0. The van der Waals surface area contributed by atoms with Crippen molar-refractivity contribution < 1.29 is 14.2 Å². The zero-order chi connectivity index (χ0) is 8.47. The summed E-state index contributed by atoms with van der Waals surface area (Å²) in [6.45, 7) is 1.92. The van der Waals surface area contributed by atoms with Crippen LogP contribution in [-0.2, 0) is 14.2 Å². The molecule has 0 bridgehead atoms. The van der Waals surface area contributed by atoms with Crippen molar-refractivity contribution in [3.8, 4) is 0 Å². The third-order valence-electron chi connectivity index (χ3n) is 4.04. The van der Waals surface area contributed by atoms with E-state index in [0.717, 1.165) is 19.1 Å². The predicted octanol–water partition coefficient (Wildman–Crippen LogP) is 0.722. The monoisotopic (exact) mass is 182 g/mol. The molecule has 1 aliphatic carbocycles. The second-order valence-corrected chi connectivity index (χ2v) is 4.79. The Balaban J connectivity index is 1.48. The lowest BCUT2D eigenvalue weighted by atomic mass is 9.79. The van der Waals surface area contributed by atoms with E-state index in [0.29, 0.717) is 18.3 Å². The molecule has 0 aromatic carbocycles. The van der Waals surface area contributed by atoms with Gasteiger partial charge >= 0.3 is 0 Å². The lowest BCUT2D eigenvalue weighted by Crippen LogP contribution is -2.31. The summed E-state index contributed by atoms with van der Waals surface area (Å²) in [5.41, 5.74) is 0.172. The molecule has 13 heavy (non-hydrogen) atoms. The molecule has 0 amide bonds. The largest absolute Gasteiger partial charge is 0.373 e. The highest BCUT2D eigenvalue weighted by Gasteiger charge is 2.68. The third-order valence-corrected chi connectivity index (χ3v) is 4.04. The predicted molar refractivity (Wildman–Crippen MR) is 44.4 cm³/mol. The van der Waals surface area contributed by atoms with Gasteiger partial charge in [0.05, 0.1) is 25.4 Å². The molecule has 4 aliphatic rings. The minimum absolute atomic E-state index is 0.172. The number of epoxide rings is 3. The quantitative estimate of drug-likeness (QED) is 0.590. The van der Waals surface area contributed by atoms with Gasteiger partial charge in [-0.25, -0.2) is 0 Å². The average molecular weight is 182 g/mol. The van der Waals surface area contributed by atoms with Gasteiger partial charge in [-0.15, -0.1) is 0 Å². The zero-order valence-electron chi connectivity index (χ0n) is 7.57. The Hall–Kier alpha value is -0.120. The van der Waals surface area contributed by atoms with Gasteiger partial charge in [-0.1, -0.05) is 0 Å². The van der Waals surface area contributed by atoms with Gasteiger partial charge in [-0.3, -0.25) is 0 Å². The molecule has 0 N–H and O–H groups in total. The average Bonchev–Trinajstić information content (AvgIpc) is 2.99. The smallest absolute Gasteiger partial charge is 0.123 e. The minimum atomic E-state index is 0.172. The van der Waals surface area contributed by atoms with Gasteiger partial charge in [-0.2, -0.15) is 0 Å². The van der Waals surface area contributed by atoms with E-state index < -0.39 is 0 Å². The van der Waals surface area contributed by atoms with E-state index in [2.05, 4.69) is 0 Å². The third kappa shape index (κ3) is 0.953. The summed E-state index contributed by atoms with van der Waals surface area (Å²) in [5.74, 6) is 0.777. The number of fused-ring (bicyclic) bond motifs is 1. The van der Waals surface area contributed by atoms with Crippen molar-refractivity contribution in [3.63, 3.8) is 0 Å². The maximum atomic E-state index is 5.82. The lowest BCUT2D eigenvalue weighted by molar-refractivity contribution is 0.210. The van der Waals surface area contributed by atoms with Crippen LogP contribution >= 0.6 is 0 Å². The molecule has 4 rings (SSSR count). The fraction of sp³-hybridized carbons (Fsp3) is 1.00. The van der Waals surface area contributed by atoms with Gasteiger partial charge < -0.3 is 14.2 Å². The van der Waals surface area contributed by atoms with Crippen molar-refractivity contribution in [2.24, 2.45) is 5.92 Å². The molecule has 3 nitrogen and oxygen atoms in total. The maximum Gasteiger partial charge on any atom is 0.123 e. The highest BCUT2D eigenvalue weighted by atomic mass is 16.7. The summed E-state index contributed by atoms with van der Waals surface area (Å²) in [6.07, 6.45) is 5.21. The zero-order valence-corrected chi connectivity index (χ0v) is 7.57. The van der Waals surface area contributed by atoms with Crippen LogP contribution in [0.15, 0.2) is 0 Å². The second-order valence-electron chi connectivity index (χ2n) is 4.79. The van der Waals surface area contributed by atoms with Crippen LogP contribution < -0.4 is 0 Å². The van der Waals surface area contributed by atoms with Crippen molar-refractivity contribution >= 4 is 0 Å². The van der Waals surface area contributed by atoms with Crippen LogP contribution in [0.3, 0.4) is 0 Å². The summed E-state index contributed by atoms with van der Waals surface area (Å²) < 4.78 is 16.5. The molecule has 3 heterocycles. The van der Waals surface area contributed by atoms with Gasteiger partial charge in [0.25, 0.3) is 0 Å². The molecule has 5 atom stereocenters. The van der Waals surface area contributed by atoms with Gasteiger partial charge in [0, 0.05) is 0 Å². The van der Waals surface area contributed by atoms with E-state index in [1.165, 1.54) is 19.3 Å². The Morgan fingerprint density at radius 2 is 1.92 bits per heavy atom. The number of ether oxygens (including phenoxy) is 3. The lowest BCUT2D eigenvalue weighted by Gasteiger charge is -2.21. The van der Waals surface area contributed by atoms with Crippen molar-refractivity contribution in [2.75, 3.05) is 13.2 Å². The Kier molecular flexibility index (Phi) is 1.16. The summed E-state index contributed by atoms with van der Waals surface area (Å²) >= 11 is 0. The van der Waals surface area contributed by atoms with Crippen molar-refractivity contribution in [1.82, 2.24) is 0 Å². The van der Waals surface area contributed by atoms with Crippen molar-refractivity contribution in [2.45, 2.75) is 43.2 Å². The van der Waals surface area contributed by atoms with Gasteiger partial charge in [-0.05, 0) is 25.2 Å². The maximum absolute atomic E-state index is 5.82. The first kappa shape index (κ1) is 7.21. The van der Waals surface area contributed by atoms with Crippen LogP contribution in [0.5, 0.6) is 0 Å². The summed E-state index contributed by atoms with van der Waals surface area (Å²) in [7, 11) is 0. The Morgan fingerprint density at radius 3 is 2.54 bits per heavy atom. The molecular formula is C10H14O3. The standard InChI is InChI=1S/C10H14O3/c1-2-10(9-5-12-9)8(13-10)3-6(1)7-4-11-7/h6-9H,1-5H2. The molecular weight excluding hydrogens is 168 g/mol. The minimum Gasteiger partial charge on any atom is -0.373 e. The fourth-order valence-corrected chi connectivity index (χ4v) is 2.94. The second kappa shape index (κ2) is 2.10. The normalized spacial score (nSPS) is 62.8. The van der Waals surface area contributed by atoms with E-state index >= 15 is 0 Å².